The van der Waals surface area contributed by atoms with Crippen molar-refractivity contribution in [2.24, 2.45) is 4.99 Å². The summed E-state index contributed by atoms with van der Waals surface area (Å²) >= 11 is 5.91. The number of amides is 2. The minimum Gasteiger partial charge on any atom is -0.382 e. The van der Waals surface area contributed by atoms with E-state index < -0.39 is 5.91 Å². The monoisotopic (exact) mass is 587 g/mol. The molecule has 3 aromatic rings. The van der Waals surface area contributed by atoms with Gasteiger partial charge in [-0.3, -0.25) is 9.59 Å². The van der Waals surface area contributed by atoms with Gasteiger partial charge in [0.15, 0.2) is 28.4 Å². The molecule has 0 atom stereocenters. The Bertz CT molecular complexity index is 1600. The number of aryl methyl sites for hydroxylation is 3. The molecule has 2 amide bonds. The molecule has 0 saturated carbocycles. The minimum absolute atomic E-state index is 0.0494. The lowest BCUT2D eigenvalue weighted by atomic mass is 9.87. The second kappa shape index (κ2) is 11.1. The molecule has 2 aromatic heterocycles. The van der Waals surface area contributed by atoms with Gasteiger partial charge >= 0.3 is 5.91 Å². The number of hydrogen-bond donors (Lipinski definition) is 4. The van der Waals surface area contributed by atoms with Gasteiger partial charge in [-0.15, -0.1) is 0 Å². The number of fused-ring (bicyclic) bond motifs is 1. The molecule has 6 N–H and O–H groups in total. The lowest BCUT2D eigenvalue weighted by Crippen LogP contribution is -2.54. The standard InChI is InChI=1S/C30H34ClN9O2/c1-18-5-7-19(8-6-18)9-13-39-14-10-20-21(3-2-4-22(20)39)28(42)40-15-11-30(12-16-40)17-34-29(38-30)37-27(41)23-25(32)36-26(33)24(31)35-23/h3,5-8,10,14H,2,4,9,11-13,15-17H2,1H3,(H4,32,33,36)(H2,34,37,38,41). The first-order chi connectivity index (χ1) is 20.2. The Labute approximate surface area is 249 Å². The second-order valence-corrected chi connectivity index (χ2v) is 11.6. The fraction of sp³-hybridized carbons (Fsp3) is 0.367. The van der Waals surface area contributed by atoms with Crippen molar-refractivity contribution in [3.05, 3.63) is 75.8 Å². The molecule has 0 bridgehead atoms. The van der Waals surface area contributed by atoms with Crippen LogP contribution < -0.4 is 22.1 Å². The van der Waals surface area contributed by atoms with Crippen molar-refractivity contribution in [3.63, 3.8) is 0 Å². The maximum Gasteiger partial charge on any atom is 0.302 e. The summed E-state index contributed by atoms with van der Waals surface area (Å²) in [6, 6.07) is 10.8. The van der Waals surface area contributed by atoms with Gasteiger partial charge in [0.05, 0.1) is 5.54 Å². The number of carbonyl (C=O) groups is 2. The molecule has 0 radical (unpaired) electrons. The normalized spacial score (nSPS) is 18.4. The number of benzene rings is 1. The third-order valence-electron chi connectivity index (χ3n) is 8.40. The summed E-state index contributed by atoms with van der Waals surface area (Å²) in [6.45, 7) is 4.77. The molecular weight excluding hydrogens is 554 g/mol. The Morgan fingerprint density at radius 3 is 2.62 bits per heavy atom. The van der Waals surface area contributed by atoms with Gasteiger partial charge in [-0.2, -0.15) is 4.99 Å². The number of aliphatic imine (C=N–C) groups is 1. The van der Waals surface area contributed by atoms with Crippen molar-refractivity contribution in [2.45, 2.75) is 51.1 Å². The van der Waals surface area contributed by atoms with E-state index in [4.69, 9.17) is 23.1 Å². The summed E-state index contributed by atoms with van der Waals surface area (Å²) in [5.41, 5.74) is 16.6. The summed E-state index contributed by atoms with van der Waals surface area (Å²) in [5.74, 6) is -0.446. The SMILES string of the molecule is Cc1ccc(CCn2ccc3c2CCC=C3C(=O)N2CCC3(CC2)CN/C(=N\C(=O)c2nc(Cl)c(N)nc2N)N3)cc1. The van der Waals surface area contributed by atoms with Crippen molar-refractivity contribution >= 4 is 46.6 Å². The predicted molar refractivity (Wildman–Crippen MR) is 163 cm³/mol. The molecule has 2 fully saturated rings. The Morgan fingerprint density at radius 2 is 1.86 bits per heavy atom. The number of nitrogens with zero attached hydrogens (tertiary/aromatic N) is 5. The van der Waals surface area contributed by atoms with Crippen LogP contribution in [0.4, 0.5) is 11.6 Å². The minimum atomic E-state index is -0.674. The zero-order valence-corrected chi connectivity index (χ0v) is 24.2. The summed E-state index contributed by atoms with van der Waals surface area (Å²) in [7, 11) is 0. The number of aromatic nitrogens is 3. The first-order valence-corrected chi connectivity index (χ1v) is 14.6. The molecule has 218 valence electrons. The lowest BCUT2D eigenvalue weighted by molar-refractivity contribution is -0.126. The number of carbonyl (C=O) groups excluding carboxylic acids is 2. The highest BCUT2D eigenvalue weighted by molar-refractivity contribution is 6.31. The topological polar surface area (TPSA) is 157 Å². The molecule has 6 rings (SSSR count). The molecule has 4 heterocycles. The average molecular weight is 588 g/mol. The highest BCUT2D eigenvalue weighted by Crippen LogP contribution is 2.32. The van der Waals surface area contributed by atoms with Crippen LogP contribution in [0, 0.1) is 6.92 Å². The largest absolute Gasteiger partial charge is 0.382 e. The second-order valence-electron chi connectivity index (χ2n) is 11.2. The zero-order chi connectivity index (χ0) is 29.4. The molecule has 1 aliphatic carbocycles. The van der Waals surface area contributed by atoms with E-state index in [0.29, 0.717) is 38.4 Å². The van der Waals surface area contributed by atoms with Crippen molar-refractivity contribution < 1.29 is 9.59 Å². The number of nitrogen functional groups attached to an aromatic ring is 2. The van der Waals surface area contributed by atoms with E-state index in [1.165, 1.54) is 16.8 Å². The van der Waals surface area contributed by atoms with Crippen LogP contribution >= 0.6 is 11.6 Å². The van der Waals surface area contributed by atoms with Gasteiger partial charge in [-0.1, -0.05) is 47.5 Å². The number of guanidine groups is 1. The highest BCUT2D eigenvalue weighted by Gasteiger charge is 2.41. The molecule has 42 heavy (non-hydrogen) atoms. The fourth-order valence-corrected chi connectivity index (χ4v) is 6.06. The number of allylic oxidation sites excluding steroid dienone is 1. The molecular formula is C30H34ClN9O2. The molecule has 2 aliphatic heterocycles. The van der Waals surface area contributed by atoms with Crippen LogP contribution in [0.15, 0.2) is 47.6 Å². The van der Waals surface area contributed by atoms with Crippen LogP contribution in [-0.4, -0.2) is 62.4 Å². The number of nitrogens with one attached hydrogen (secondary N) is 2. The summed E-state index contributed by atoms with van der Waals surface area (Å²) in [6.07, 6.45) is 8.38. The van der Waals surface area contributed by atoms with Gasteiger partial charge in [0, 0.05) is 49.2 Å². The van der Waals surface area contributed by atoms with Crippen molar-refractivity contribution in [3.8, 4) is 0 Å². The van der Waals surface area contributed by atoms with Crippen LogP contribution in [0.2, 0.25) is 5.15 Å². The van der Waals surface area contributed by atoms with E-state index in [-0.39, 0.29) is 33.9 Å². The summed E-state index contributed by atoms with van der Waals surface area (Å²) in [4.78, 5) is 40.2. The van der Waals surface area contributed by atoms with Crippen molar-refractivity contribution in [1.29, 1.82) is 0 Å². The highest BCUT2D eigenvalue weighted by atomic mass is 35.5. The van der Waals surface area contributed by atoms with Gasteiger partial charge in [0.2, 0.25) is 0 Å². The lowest BCUT2D eigenvalue weighted by Gasteiger charge is -2.39. The van der Waals surface area contributed by atoms with E-state index >= 15 is 0 Å². The van der Waals surface area contributed by atoms with Crippen LogP contribution in [0.25, 0.3) is 5.57 Å². The van der Waals surface area contributed by atoms with Gasteiger partial charge < -0.3 is 31.6 Å². The fourth-order valence-electron chi connectivity index (χ4n) is 5.93. The summed E-state index contributed by atoms with van der Waals surface area (Å²) < 4.78 is 2.30. The third-order valence-corrected chi connectivity index (χ3v) is 8.68. The average Bonchev–Trinajstić information content (AvgIpc) is 3.58. The van der Waals surface area contributed by atoms with Crippen molar-refractivity contribution in [2.75, 3.05) is 31.1 Å². The third kappa shape index (κ3) is 5.44. The van der Waals surface area contributed by atoms with Gasteiger partial charge in [0.1, 0.15) is 0 Å². The number of hydrogen-bond acceptors (Lipinski definition) is 6. The van der Waals surface area contributed by atoms with E-state index in [2.05, 4.69) is 79.7 Å². The molecule has 1 spiro atoms. The number of anilines is 2. The number of piperidine rings is 1. The van der Waals surface area contributed by atoms with Gasteiger partial charge in [-0.05, 0) is 50.7 Å². The number of likely N-dealkylation sites (tertiary alicyclic amines) is 1. The van der Waals surface area contributed by atoms with Crippen molar-refractivity contribution in [1.82, 2.24) is 30.1 Å². The molecule has 1 aromatic carbocycles. The summed E-state index contributed by atoms with van der Waals surface area (Å²) in [5, 5.41) is 6.42. The molecule has 2 saturated heterocycles. The first kappa shape index (κ1) is 27.8. The number of halogens is 1. The van der Waals surface area contributed by atoms with Crippen LogP contribution in [0.5, 0.6) is 0 Å². The maximum absolute atomic E-state index is 13.7. The Hall–Kier alpha value is -4.38. The predicted octanol–water partition coefficient (Wildman–Crippen LogP) is 2.73. The Kier molecular flexibility index (Phi) is 7.36. The number of nitrogens with two attached hydrogens (primary N) is 2. The molecule has 12 heteroatoms. The van der Waals surface area contributed by atoms with Gasteiger partial charge in [-0.25, -0.2) is 9.97 Å². The Morgan fingerprint density at radius 1 is 1.10 bits per heavy atom. The number of rotatable bonds is 5. The molecule has 0 unspecified atom stereocenters. The van der Waals surface area contributed by atoms with E-state index in [1.807, 2.05) is 4.90 Å². The van der Waals surface area contributed by atoms with E-state index in [1.54, 1.807) is 0 Å². The maximum atomic E-state index is 13.7. The first-order valence-electron chi connectivity index (χ1n) is 14.2. The van der Waals surface area contributed by atoms with Gasteiger partial charge in [0.25, 0.3) is 5.91 Å². The molecule has 3 aliphatic rings. The Balaban J connectivity index is 1.07. The zero-order valence-electron chi connectivity index (χ0n) is 23.5. The smallest absolute Gasteiger partial charge is 0.302 e. The van der Waals surface area contributed by atoms with E-state index in [0.717, 1.165) is 36.9 Å². The van der Waals surface area contributed by atoms with Crippen LogP contribution in [0.1, 0.15) is 52.1 Å². The van der Waals surface area contributed by atoms with Crippen LogP contribution in [0.3, 0.4) is 0 Å². The quantitative estimate of drug-likeness (QED) is 0.355. The van der Waals surface area contributed by atoms with Crippen LogP contribution in [-0.2, 0) is 24.2 Å². The molecule has 11 nitrogen and oxygen atoms in total. The van der Waals surface area contributed by atoms with E-state index in [9.17, 15) is 9.59 Å².